The van der Waals surface area contributed by atoms with E-state index < -0.39 is 0 Å². The first kappa shape index (κ1) is 33.9. The van der Waals surface area contributed by atoms with Crippen LogP contribution in [0.25, 0.3) is 122 Å². The van der Waals surface area contributed by atoms with E-state index in [0.29, 0.717) is 17.5 Å². The fourth-order valence-electron chi connectivity index (χ4n) is 8.77. The van der Waals surface area contributed by atoms with Crippen molar-refractivity contribution in [1.29, 1.82) is 0 Å². The van der Waals surface area contributed by atoms with Gasteiger partial charge in [-0.25, -0.2) is 15.0 Å². The van der Waals surface area contributed by atoms with Gasteiger partial charge in [-0.1, -0.05) is 164 Å². The summed E-state index contributed by atoms with van der Waals surface area (Å²) >= 11 is 0. The van der Waals surface area contributed by atoms with Gasteiger partial charge in [-0.3, -0.25) is 0 Å². The topological polar surface area (TPSA) is 65.0 Å². The van der Waals surface area contributed by atoms with Crippen molar-refractivity contribution < 1.29 is 8.83 Å². The van der Waals surface area contributed by atoms with E-state index in [1.807, 2.05) is 66.7 Å². The van der Waals surface area contributed by atoms with E-state index in [1.165, 1.54) is 21.9 Å². The standard InChI is InChI=1S/C55H33N3O2/c1-3-15-34(16-4-1)37-31-32-38(40-20-8-7-19-39(37)40)36-29-30-45(48(33-36)35-17-5-2-6-18-35)53-56-54(46-25-13-23-43-41-21-9-11-27-49(41)59-51(43)46)58-55(57-53)47-26-14-24-44-42-22-10-12-28-50(42)60-52(44)47/h1-33H. The third kappa shape index (κ3) is 5.52. The molecular formula is C55H33N3O2. The van der Waals surface area contributed by atoms with E-state index in [-0.39, 0.29) is 0 Å². The average Bonchev–Trinajstić information content (AvgIpc) is 3.90. The lowest BCUT2D eigenvalue weighted by molar-refractivity contribution is 0.669. The Kier molecular flexibility index (Phi) is 7.78. The van der Waals surface area contributed by atoms with Crippen LogP contribution in [0.1, 0.15) is 0 Å². The summed E-state index contributed by atoms with van der Waals surface area (Å²) < 4.78 is 13.1. The highest BCUT2D eigenvalue weighted by atomic mass is 16.3. The van der Waals surface area contributed by atoms with Gasteiger partial charge in [0, 0.05) is 27.1 Å². The number of aromatic nitrogens is 3. The molecule has 0 fully saturated rings. The number of furan rings is 2. The van der Waals surface area contributed by atoms with Crippen LogP contribution in [0.2, 0.25) is 0 Å². The molecule has 5 nitrogen and oxygen atoms in total. The molecule has 12 aromatic rings. The highest BCUT2D eigenvalue weighted by molar-refractivity contribution is 6.11. The van der Waals surface area contributed by atoms with E-state index in [0.717, 1.165) is 82.8 Å². The molecule has 0 spiro atoms. The number of hydrogen-bond acceptors (Lipinski definition) is 5. The Bertz CT molecular complexity index is 3470. The van der Waals surface area contributed by atoms with Gasteiger partial charge in [-0.05, 0) is 80.6 Å². The summed E-state index contributed by atoms with van der Waals surface area (Å²) in [5.74, 6) is 1.57. The first-order valence-corrected chi connectivity index (χ1v) is 20.1. The van der Waals surface area contributed by atoms with Crippen LogP contribution in [0.3, 0.4) is 0 Å². The molecule has 0 N–H and O–H groups in total. The molecule has 5 heteroatoms. The minimum absolute atomic E-state index is 0.512. The van der Waals surface area contributed by atoms with Crippen molar-refractivity contribution >= 4 is 54.6 Å². The molecule has 0 saturated carbocycles. The highest BCUT2D eigenvalue weighted by Gasteiger charge is 2.22. The largest absolute Gasteiger partial charge is 0.455 e. The number of rotatable bonds is 6. The van der Waals surface area contributed by atoms with Crippen LogP contribution >= 0.6 is 0 Å². The Labute approximate surface area is 344 Å². The number of hydrogen-bond donors (Lipinski definition) is 0. The van der Waals surface area contributed by atoms with Crippen LogP contribution in [0.15, 0.2) is 209 Å². The van der Waals surface area contributed by atoms with E-state index in [9.17, 15) is 0 Å². The second-order valence-corrected chi connectivity index (χ2v) is 15.1. The highest BCUT2D eigenvalue weighted by Crippen LogP contribution is 2.42. The van der Waals surface area contributed by atoms with Crippen LogP contribution in [-0.4, -0.2) is 15.0 Å². The summed E-state index contributed by atoms with van der Waals surface area (Å²) in [5.41, 5.74) is 12.3. The minimum Gasteiger partial charge on any atom is -0.455 e. The van der Waals surface area contributed by atoms with Crippen molar-refractivity contribution in [3.05, 3.63) is 200 Å². The lowest BCUT2D eigenvalue weighted by atomic mass is 9.89. The maximum absolute atomic E-state index is 6.55. The summed E-state index contributed by atoms with van der Waals surface area (Å²) in [6, 6.07) is 69.4. The van der Waals surface area contributed by atoms with Gasteiger partial charge >= 0.3 is 0 Å². The van der Waals surface area contributed by atoms with E-state index in [1.54, 1.807) is 0 Å². The Morgan fingerprint density at radius 2 is 0.650 bits per heavy atom. The second-order valence-electron chi connectivity index (χ2n) is 15.1. The third-order valence-electron chi connectivity index (χ3n) is 11.6. The first-order chi connectivity index (χ1) is 29.7. The van der Waals surface area contributed by atoms with Crippen molar-refractivity contribution in [2.75, 3.05) is 0 Å². The summed E-state index contributed by atoms with van der Waals surface area (Å²) in [5, 5.41) is 6.49. The SMILES string of the molecule is c1ccc(-c2cc(-c3ccc(-c4ccccc4)c4ccccc34)ccc2-c2nc(-c3cccc4c3oc3ccccc34)nc(-c3cccc4c3oc3ccccc34)n2)cc1. The molecule has 0 radical (unpaired) electrons. The Hall–Kier alpha value is -8.15. The normalized spacial score (nSPS) is 11.7. The number of para-hydroxylation sites is 4. The molecule has 0 bridgehead atoms. The van der Waals surface area contributed by atoms with Crippen LogP contribution in [0.5, 0.6) is 0 Å². The van der Waals surface area contributed by atoms with Crippen molar-refractivity contribution in [3.8, 4) is 67.5 Å². The first-order valence-electron chi connectivity index (χ1n) is 20.1. The monoisotopic (exact) mass is 767 g/mol. The quantitative estimate of drug-likeness (QED) is 0.169. The molecule has 0 saturated heterocycles. The van der Waals surface area contributed by atoms with Crippen LogP contribution < -0.4 is 0 Å². The Morgan fingerprint density at radius 1 is 0.250 bits per heavy atom. The molecular weight excluding hydrogens is 735 g/mol. The Balaban J connectivity index is 1.11. The van der Waals surface area contributed by atoms with Crippen molar-refractivity contribution in [3.63, 3.8) is 0 Å². The molecule has 60 heavy (non-hydrogen) atoms. The van der Waals surface area contributed by atoms with Gasteiger partial charge in [0.2, 0.25) is 0 Å². The smallest absolute Gasteiger partial charge is 0.167 e. The summed E-state index contributed by atoms with van der Waals surface area (Å²) in [6.07, 6.45) is 0. The zero-order valence-electron chi connectivity index (χ0n) is 32.2. The lowest BCUT2D eigenvalue weighted by Crippen LogP contribution is -2.01. The van der Waals surface area contributed by atoms with Crippen LogP contribution in [0.4, 0.5) is 0 Å². The van der Waals surface area contributed by atoms with Crippen LogP contribution in [0, 0.1) is 0 Å². The summed E-state index contributed by atoms with van der Waals surface area (Å²) in [4.78, 5) is 15.9. The maximum Gasteiger partial charge on any atom is 0.167 e. The number of fused-ring (bicyclic) bond motifs is 7. The maximum atomic E-state index is 6.55. The van der Waals surface area contributed by atoms with E-state index in [2.05, 4.69) is 133 Å². The number of benzene rings is 9. The molecule has 3 aromatic heterocycles. The molecule has 0 unspecified atom stereocenters. The third-order valence-corrected chi connectivity index (χ3v) is 11.6. The van der Waals surface area contributed by atoms with Gasteiger partial charge in [0.15, 0.2) is 17.5 Å². The molecule has 12 rings (SSSR count). The predicted molar refractivity (Wildman–Crippen MR) is 245 cm³/mol. The molecule has 280 valence electrons. The zero-order valence-corrected chi connectivity index (χ0v) is 32.2. The molecule has 0 aliphatic carbocycles. The van der Waals surface area contributed by atoms with E-state index >= 15 is 0 Å². The van der Waals surface area contributed by atoms with Gasteiger partial charge in [-0.2, -0.15) is 0 Å². The van der Waals surface area contributed by atoms with Crippen molar-refractivity contribution in [1.82, 2.24) is 15.0 Å². The molecule has 9 aromatic carbocycles. The second kappa shape index (κ2) is 13.8. The molecule has 0 atom stereocenters. The fourth-order valence-corrected chi connectivity index (χ4v) is 8.77. The lowest BCUT2D eigenvalue weighted by Gasteiger charge is -2.16. The van der Waals surface area contributed by atoms with Gasteiger partial charge in [0.05, 0.1) is 11.1 Å². The molecule has 0 amide bonds. The van der Waals surface area contributed by atoms with Crippen molar-refractivity contribution in [2.24, 2.45) is 0 Å². The van der Waals surface area contributed by atoms with Gasteiger partial charge in [0.1, 0.15) is 22.3 Å². The summed E-state index contributed by atoms with van der Waals surface area (Å²) in [6.45, 7) is 0. The Morgan fingerprint density at radius 3 is 1.18 bits per heavy atom. The van der Waals surface area contributed by atoms with E-state index in [4.69, 9.17) is 23.8 Å². The molecule has 3 heterocycles. The minimum atomic E-state index is 0.512. The average molecular weight is 768 g/mol. The van der Waals surface area contributed by atoms with Crippen LogP contribution in [-0.2, 0) is 0 Å². The zero-order chi connectivity index (χ0) is 39.6. The van der Waals surface area contributed by atoms with Crippen molar-refractivity contribution in [2.45, 2.75) is 0 Å². The fraction of sp³-hybridized carbons (Fsp3) is 0. The molecule has 0 aliphatic rings. The molecule has 0 aliphatic heterocycles. The van der Waals surface area contributed by atoms with Gasteiger partial charge < -0.3 is 8.83 Å². The number of nitrogens with zero attached hydrogens (tertiary/aromatic N) is 3. The van der Waals surface area contributed by atoms with Gasteiger partial charge in [-0.15, -0.1) is 0 Å². The predicted octanol–water partition coefficient (Wildman–Crippen LogP) is 14.8. The summed E-state index contributed by atoms with van der Waals surface area (Å²) in [7, 11) is 0. The van der Waals surface area contributed by atoms with Gasteiger partial charge in [0.25, 0.3) is 0 Å².